The number of nitrogens with one attached hydrogen (secondary N) is 1. The first kappa shape index (κ1) is 16.2. The highest BCUT2D eigenvalue weighted by molar-refractivity contribution is 5.76. The van der Waals surface area contributed by atoms with E-state index in [1.165, 1.54) is 33.8 Å². The van der Waals surface area contributed by atoms with Crippen molar-refractivity contribution in [3.63, 3.8) is 0 Å². The molecule has 1 aliphatic carbocycles. The van der Waals surface area contributed by atoms with Gasteiger partial charge in [-0.25, -0.2) is 0 Å². The number of fused-ring (bicyclic) bond motifs is 1. The molecule has 1 aromatic heterocycles. The SMILES string of the molecule is Cc1ccc2c(c1)[C@@H](NC(=O)CCn1cc([N+](=O)[O-])cn1)[C@H](C)C2. The Morgan fingerprint density at radius 2 is 2.29 bits per heavy atom. The lowest BCUT2D eigenvalue weighted by atomic mass is 10.0. The molecule has 0 spiro atoms. The van der Waals surface area contributed by atoms with E-state index in [9.17, 15) is 14.9 Å². The lowest BCUT2D eigenvalue weighted by molar-refractivity contribution is -0.385. The Kier molecular flexibility index (Phi) is 4.33. The lowest BCUT2D eigenvalue weighted by Crippen LogP contribution is -2.31. The molecule has 0 unspecified atom stereocenters. The Labute approximate surface area is 139 Å². The summed E-state index contributed by atoms with van der Waals surface area (Å²) >= 11 is 0. The van der Waals surface area contributed by atoms with Crippen LogP contribution in [0.25, 0.3) is 0 Å². The third-order valence-corrected chi connectivity index (χ3v) is 4.46. The van der Waals surface area contributed by atoms with Gasteiger partial charge in [-0.2, -0.15) is 5.10 Å². The molecule has 0 saturated carbocycles. The van der Waals surface area contributed by atoms with Gasteiger partial charge in [-0.05, 0) is 30.4 Å². The van der Waals surface area contributed by atoms with Gasteiger partial charge in [0, 0.05) is 13.0 Å². The first-order chi connectivity index (χ1) is 11.4. The molecule has 24 heavy (non-hydrogen) atoms. The second kappa shape index (κ2) is 6.43. The molecule has 1 aromatic carbocycles. The van der Waals surface area contributed by atoms with Gasteiger partial charge in [-0.3, -0.25) is 19.6 Å². The maximum Gasteiger partial charge on any atom is 0.306 e. The molecule has 0 aliphatic heterocycles. The van der Waals surface area contributed by atoms with E-state index in [1.54, 1.807) is 0 Å². The minimum absolute atomic E-state index is 0.0272. The van der Waals surface area contributed by atoms with E-state index in [-0.39, 0.29) is 24.1 Å². The predicted octanol–water partition coefficient (Wildman–Crippen LogP) is 2.54. The zero-order valence-corrected chi connectivity index (χ0v) is 13.7. The number of rotatable bonds is 5. The van der Waals surface area contributed by atoms with E-state index >= 15 is 0 Å². The van der Waals surface area contributed by atoms with Crippen LogP contribution >= 0.6 is 0 Å². The number of aromatic nitrogens is 2. The highest BCUT2D eigenvalue weighted by Gasteiger charge is 2.30. The highest BCUT2D eigenvalue weighted by atomic mass is 16.6. The second-order valence-electron chi connectivity index (χ2n) is 6.40. The summed E-state index contributed by atoms with van der Waals surface area (Å²) in [6.45, 7) is 4.51. The van der Waals surface area contributed by atoms with E-state index < -0.39 is 4.92 Å². The number of benzene rings is 1. The first-order valence-corrected chi connectivity index (χ1v) is 7.99. The smallest absolute Gasteiger partial charge is 0.306 e. The Hall–Kier alpha value is -2.70. The summed E-state index contributed by atoms with van der Waals surface area (Å²) in [6.07, 6.45) is 3.73. The van der Waals surface area contributed by atoms with Crippen LogP contribution in [0.3, 0.4) is 0 Å². The summed E-state index contributed by atoms with van der Waals surface area (Å²) in [5.74, 6) is 0.288. The molecule has 0 fully saturated rings. The average Bonchev–Trinajstić information content (AvgIpc) is 3.11. The third-order valence-electron chi connectivity index (χ3n) is 4.46. The molecule has 0 saturated heterocycles. The molecule has 0 radical (unpaired) electrons. The van der Waals surface area contributed by atoms with Crippen LogP contribution < -0.4 is 5.32 Å². The molecular weight excluding hydrogens is 308 g/mol. The Morgan fingerprint density at radius 1 is 1.50 bits per heavy atom. The molecule has 1 amide bonds. The minimum Gasteiger partial charge on any atom is -0.349 e. The van der Waals surface area contributed by atoms with Gasteiger partial charge < -0.3 is 5.32 Å². The van der Waals surface area contributed by atoms with Gasteiger partial charge in [0.2, 0.25) is 5.91 Å². The van der Waals surface area contributed by atoms with Crippen LogP contribution in [0.4, 0.5) is 5.69 Å². The van der Waals surface area contributed by atoms with Gasteiger partial charge in [0.1, 0.15) is 12.4 Å². The standard InChI is InChI=1S/C17H20N4O3/c1-11-3-4-13-8-12(2)17(15(13)7-11)19-16(22)5-6-20-10-14(9-18-20)21(23)24/h3-4,7,9-10,12,17H,5-6,8H2,1-2H3,(H,19,22)/t12-,17+/m1/s1. The number of hydrogen-bond donors (Lipinski definition) is 1. The fourth-order valence-corrected chi connectivity index (χ4v) is 3.21. The fraction of sp³-hybridized carbons (Fsp3) is 0.412. The highest BCUT2D eigenvalue weighted by Crippen LogP contribution is 2.36. The van der Waals surface area contributed by atoms with Crippen LogP contribution in [0.2, 0.25) is 0 Å². The Balaban J connectivity index is 1.61. The number of carbonyl (C=O) groups is 1. The van der Waals surface area contributed by atoms with Crippen LogP contribution in [-0.2, 0) is 17.8 Å². The van der Waals surface area contributed by atoms with Gasteiger partial charge in [0.15, 0.2) is 0 Å². The number of amides is 1. The van der Waals surface area contributed by atoms with Crippen molar-refractivity contribution in [3.8, 4) is 0 Å². The molecule has 0 bridgehead atoms. The summed E-state index contributed by atoms with van der Waals surface area (Å²) < 4.78 is 1.42. The third kappa shape index (κ3) is 3.29. The van der Waals surface area contributed by atoms with E-state index in [0.29, 0.717) is 12.5 Å². The number of aryl methyl sites for hydroxylation is 2. The predicted molar refractivity (Wildman–Crippen MR) is 88.4 cm³/mol. The molecule has 1 heterocycles. The largest absolute Gasteiger partial charge is 0.349 e. The normalized spacial score (nSPS) is 19.1. The van der Waals surface area contributed by atoms with Crippen LogP contribution in [0.1, 0.15) is 36.1 Å². The Morgan fingerprint density at radius 3 is 3.00 bits per heavy atom. The molecule has 2 aromatic rings. The Bertz CT molecular complexity index is 784. The number of nitro groups is 1. The molecular formula is C17H20N4O3. The average molecular weight is 328 g/mol. The molecule has 2 atom stereocenters. The van der Waals surface area contributed by atoms with Crippen molar-refractivity contribution in [3.05, 3.63) is 57.4 Å². The zero-order valence-electron chi connectivity index (χ0n) is 13.7. The molecule has 1 N–H and O–H groups in total. The summed E-state index contributed by atoms with van der Waals surface area (Å²) in [5, 5.41) is 17.6. The number of hydrogen-bond acceptors (Lipinski definition) is 4. The van der Waals surface area contributed by atoms with Crippen molar-refractivity contribution < 1.29 is 9.72 Å². The van der Waals surface area contributed by atoms with Crippen molar-refractivity contribution in [1.82, 2.24) is 15.1 Å². The zero-order chi connectivity index (χ0) is 17.3. The van der Waals surface area contributed by atoms with E-state index in [2.05, 4.69) is 35.5 Å². The van der Waals surface area contributed by atoms with Crippen molar-refractivity contribution in [2.45, 2.75) is 39.3 Å². The minimum atomic E-state index is -0.497. The van der Waals surface area contributed by atoms with Gasteiger partial charge >= 0.3 is 5.69 Å². The maximum atomic E-state index is 12.3. The first-order valence-electron chi connectivity index (χ1n) is 7.99. The van der Waals surface area contributed by atoms with E-state index in [4.69, 9.17) is 0 Å². The van der Waals surface area contributed by atoms with Crippen LogP contribution in [0.5, 0.6) is 0 Å². The lowest BCUT2D eigenvalue weighted by Gasteiger charge is -2.19. The molecule has 7 nitrogen and oxygen atoms in total. The van der Waals surface area contributed by atoms with Gasteiger partial charge in [0.25, 0.3) is 0 Å². The molecule has 126 valence electrons. The van der Waals surface area contributed by atoms with Crippen molar-refractivity contribution in [2.24, 2.45) is 5.92 Å². The maximum absolute atomic E-state index is 12.3. The summed E-state index contributed by atoms with van der Waals surface area (Å²) in [7, 11) is 0. The second-order valence-corrected chi connectivity index (χ2v) is 6.40. The van der Waals surface area contributed by atoms with Crippen molar-refractivity contribution in [2.75, 3.05) is 0 Å². The topological polar surface area (TPSA) is 90.1 Å². The quantitative estimate of drug-likeness (QED) is 0.674. The number of nitrogens with zero attached hydrogens (tertiary/aromatic N) is 3. The van der Waals surface area contributed by atoms with Crippen LogP contribution in [0.15, 0.2) is 30.6 Å². The number of carbonyl (C=O) groups excluding carboxylic acids is 1. The molecule has 7 heteroatoms. The summed E-state index contributed by atoms with van der Waals surface area (Å²) in [4.78, 5) is 22.4. The summed E-state index contributed by atoms with van der Waals surface area (Å²) in [5.41, 5.74) is 3.61. The summed E-state index contributed by atoms with van der Waals surface area (Å²) in [6, 6.07) is 6.40. The van der Waals surface area contributed by atoms with Crippen molar-refractivity contribution in [1.29, 1.82) is 0 Å². The fourth-order valence-electron chi connectivity index (χ4n) is 3.21. The van der Waals surface area contributed by atoms with Crippen molar-refractivity contribution >= 4 is 11.6 Å². The van der Waals surface area contributed by atoms with Crippen LogP contribution in [-0.4, -0.2) is 20.6 Å². The van der Waals surface area contributed by atoms with Gasteiger partial charge in [0.05, 0.1) is 11.0 Å². The van der Waals surface area contributed by atoms with E-state index in [0.717, 1.165) is 6.42 Å². The van der Waals surface area contributed by atoms with Gasteiger partial charge in [-0.15, -0.1) is 0 Å². The van der Waals surface area contributed by atoms with Gasteiger partial charge in [-0.1, -0.05) is 30.7 Å². The van der Waals surface area contributed by atoms with Crippen LogP contribution in [0, 0.1) is 23.0 Å². The molecule has 1 aliphatic rings. The monoisotopic (exact) mass is 328 g/mol. The van der Waals surface area contributed by atoms with E-state index in [1.807, 2.05) is 6.92 Å². The molecule has 3 rings (SSSR count).